The first-order chi connectivity index (χ1) is 11.7. The Hall–Kier alpha value is -1.87. The zero-order valence-electron chi connectivity index (χ0n) is 13.3. The average molecular weight is 362 g/mol. The molecule has 9 heteroatoms. The normalized spacial score (nSPS) is 22.5. The molecular weight excluding hydrogens is 344 g/mol. The monoisotopic (exact) mass is 362 g/mol. The second-order valence-corrected chi connectivity index (χ2v) is 6.34. The Morgan fingerprint density at radius 2 is 2.12 bits per heavy atom. The summed E-state index contributed by atoms with van der Waals surface area (Å²) < 4.78 is 57.8. The predicted molar refractivity (Wildman–Crippen MR) is 79.7 cm³/mol. The van der Waals surface area contributed by atoms with Crippen LogP contribution in [0.3, 0.4) is 0 Å². The molecule has 1 aromatic rings. The Balaban J connectivity index is 1.90. The van der Waals surface area contributed by atoms with Crippen LogP contribution in [0.4, 0.5) is 22.4 Å². The van der Waals surface area contributed by atoms with Crippen LogP contribution in [-0.4, -0.2) is 48.4 Å². The van der Waals surface area contributed by atoms with Gasteiger partial charge in [-0.1, -0.05) is 6.07 Å². The zero-order chi connectivity index (χ0) is 18.2. The van der Waals surface area contributed by atoms with Gasteiger partial charge in [0, 0.05) is 19.1 Å². The Bertz CT molecular complexity index is 655. The Morgan fingerprint density at radius 3 is 2.64 bits per heavy atom. The number of hydrogen-bond donors (Lipinski definition) is 2. The highest BCUT2D eigenvalue weighted by atomic mass is 19.4. The summed E-state index contributed by atoms with van der Waals surface area (Å²) in [5, 5.41) is 12.7. The van der Waals surface area contributed by atoms with Crippen LogP contribution in [0.25, 0.3) is 0 Å². The Labute approximate surface area is 141 Å². The molecule has 1 amide bonds. The minimum atomic E-state index is -4.83. The molecule has 0 bridgehead atoms. The molecule has 0 aromatic heterocycles. The van der Waals surface area contributed by atoms with E-state index in [0.717, 1.165) is 17.0 Å². The van der Waals surface area contributed by atoms with Crippen molar-refractivity contribution >= 4 is 6.09 Å². The van der Waals surface area contributed by atoms with E-state index in [1.807, 2.05) is 0 Å². The minimum Gasteiger partial charge on any atom is -0.465 e. The number of halogens is 4. The van der Waals surface area contributed by atoms with Crippen molar-refractivity contribution in [2.45, 2.75) is 30.6 Å². The number of amides is 1. The third-order valence-corrected chi connectivity index (χ3v) is 4.68. The molecule has 1 atom stereocenters. The largest absolute Gasteiger partial charge is 0.465 e. The number of hydrogen-bond acceptors (Lipinski definition) is 3. The number of rotatable bonds is 4. The number of carboxylic acid groups (broad SMARTS) is 1. The lowest BCUT2D eigenvalue weighted by molar-refractivity contribution is -0.140. The van der Waals surface area contributed by atoms with E-state index in [0.29, 0.717) is 32.6 Å². The van der Waals surface area contributed by atoms with Crippen molar-refractivity contribution in [3.63, 3.8) is 0 Å². The quantitative estimate of drug-likeness (QED) is 0.809. The van der Waals surface area contributed by atoms with E-state index < -0.39 is 29.2 Å². The maximum Gasteiger partial charge on any atom is 0.419 e. The molecule has 2 N–H and O–H groups in total. The SMILES string of the molecule is O=C(O)N(C[C@H]1COCCN1)C1(c2ccc(F)c(C(F)(F)F)c2)CC1. The molecule has 1 heterocycles. The number of nitrogens with one attached hydrogen (secondary N) is 1. The van der Waals surface area contributed by atoms with Gasteiger partial charge in [-0.15, -0.1) is 0 Å². The van der Waals surface area contributed by atoms with Gasteiger partial charge in [-0.05, 0) is 30.5 Å². The summed E-state index contributed by atoms with van der Waals surface area (Å²) >= 11 is 0. The van der Waals surface area contributed by atoms with Gasteiger partial charge in [0.2, 0.25) is 0 Å². The van der Waals surface area contributed by atoms with Crippen LogP contribution in [0.1, 0.15) is 24.0 Å². The van der Waals surface area contributed by atoms with Gasteiger partial charge in [0.25, 0.3) is 0 Å². The molecular formula is C16H18F4N2O3. The topological polar surface area (TPSA) is 61.8 Å². The van der Waals surface area contributed by atoms with Crippen molar-refractivity contribution in [1.82, 2.24) is 10.2 Å². The summed E-state index contributed by atoms with van der Waals surface area (Å²) in [5.74, 6) is -1.36. The molecule has 1 aromatic carbocycles. The molecule has 138 valence electrons. The number of benzene rings is 1. The number of alkyl halides is 3. The van der Waals surface area contributed by atoms with Gasteiger partial charge in [0.05, 0.1) is 24.3 Å². The third kappa shape index (κ3) is 3.57. The van der Waals surface area contributed by atoms with E-state index in [1.165, 1.54) is 6.07 Å². The number of nitrogens with zero attached hydrogens (tertiary/aromatic N) is 1. The van der Waals surface area contributed by atoms with Crippen LogP contribution in [-0.2, 0) is 16.5 Å². The highest BCUT2D eigenvalue weighted by molar-refractivity contribution is 5.68. The van der Waals surface area contributed by atoms with Crippen LogP contribution in [0.2, 0.25) is 0 Å². The first-order valence-electron chi connectivity index (χ1n) is 7.93. The van der Waals surface area contributed by atoms with Crippen molar-refractivity contribution in [3.05, 3.63) is 35.1 Å². The summed E-state index contributed by atoms with van der Waals surface area (Å²) in [5.41, 5.74) is -2.25. The summed E-state index contributed by atoms with van der Waals surface area (Å²) in [4.78, 5) is 12.9. The summed E-state index contributed by atoms with van der Waals surface area (Å²) in [6, 6.07) is 2.48. The maximum absolute atomic E-state index is 13.5. The number of morpholine rings is 1. The fourth-order valence-electron chi connectivity index (χ4n) is 3.26. The van der Waals surface area contributed by atoms with Gasteiger partial charge in [0.15, 0.2) is 0 Å². The smallest absolute Gasteiger partial charge is 0.419 e. The molecule has 5 nitrogen and oxygen atoms in total. The van der Waals surface area contributed by atoms with Crippen molar-refractivity contribution in [1.29, 1.82) is 0 Å². The van der Waals surface area contributed by atoms with Crippen LogP contribution >= 0.6 is 0 Å². The third-order valence-electron chi connectivity index (χ3n) is 4.68. The maximum atomic E-state index is 13.5. The molecule has 2 aliphatic rings. The van der Waals surface area contributed by atoms with E-state index in [-0.39, 0.29) is 18.2 Å². The lowest BCUT2D eigenvalue weighted by atomic mass is 9.99. The van der Waals surface area contributed by atoms with Crippen LogP contribution in [0.15, 0.2) is 18.2 Å². The van der Waals surface area contributed by atoms with Gasteiger partial charge >= 0.3 is 12.3 Å². The van der Waals surface area contributed by atoms with Gasteiger partial charge in [-0.25, -0.2) is 9.18 Å². The molecule has 2 fully saturated rings. The van der Waals surface area contributed by atoms with Gasteiger partial charge < -0.3 is 15.2 Å². The second kappa shape index (κ2) is 6.45. The average Bonchev–Trinajstić information content (AvgIpc) is 3.34. The van der Waals surface area contributed by atoms with Gasteiger partial charge in [-0.2, -0.15) is 13.2 Å². The lowest BCUT2D eigenvalue weighted by Crippen LogP contribution is -2.52. The molecule has 1 saturated carbocycles. The van der Waals surface area contributed by atoms with Gasteiger partial charge in [-0.3, -0.25) is 4.90 Å². The van der Waals surface area contributed by atoms with Gasteiger partial charge in [0.1, 0.15) is 5.82 Å². The van der Waals surface area contributed by atoms with E-state index in [9.17, 15) is 27.5 Å². The highest BCUT2D eigenvalue weighted by Gasteiger charge is 2.53. The predicted octanol–water partition coefficient (Wildman–Crippen LogP) is 2.80. The standard InChI is InChI=1S/C16H18F4N2O3/c17-13-2-1-10(7-12(13)16(18,19)20)15(3-4-15)22(14(23)24)8-11-9-25-6-5-21-11/h1-2,7,11,21H,3-6,8-9H2,(H,23,24)/t11-/m0/s1. The highest BCUT2D eigenvalue weighted by Crippen LogP contribution is 2.52. The molecule has 3 rings (SSSR count). The number of ether oxygens (including phenoxy) is 1. The Morgan fingerprint density at radius 1 is 1.40 bits per heavy atom. The van der Waals surface area contributed by atoms with E-state index in [1.54, 1.807) is 0 Å². The minimum absolute atomic E-state index is 0.0913. The van der Waals surface area contributed by atoms with Crippen LogP contribution < -0.4 is 5.32 Å². The van der Waals surface area contributed by atoms with Crippen molar-refractivity contribution < 1.29 is 32.2 Å². The summed E-state index contributed by atoms with van der Waals surface area (Å²) in [6.45, 7) is 1.53. The van der Waals surface area contributed by atoms with E-state index in [4.69, 9.17) is 4.74 Å². The van der Waals surface area contributed by atoms with Crippen molar-refractivity contribution in [2.75, 3.05) is 26.3 Å². The number of carbonyl (C=O) groups is 1. The molecule has 0 radical (unpaired) electrons. The first kappa shape index (κ1) is 17.9. The van der Waals surface area contributed by atoms with Crippen LogP contribution in [0, 0.1) is 5.82 Å². The molecule has 1 saturated heterocycles. The molecule has 0 spiro atoms. The fraction of sp³-hybridized carbons (Fsp3) is 0.562. The van der Waals surface area contributed by atoms with Crippen molar-refractivity contribution in [2.24, 2.45) is 0 Å². The van der Waals surface area contributed by atoms with E-state index >= 15 is 0 Å². The summed E-state index contributed by atoms with van der Waals surface area (Å²) in [6.07, 6.45) is -5.25. The van der Waals surface area contributed by atoms with Crippen LogP contribution in [0.5, 0.6) is 0 Å². The lowest BCUT2D eigenvalue weighted by Gasteiger charge is -2.35. The van der Waals surface area contributed by atoms with Crippen molar-refractivity contribution in [3.8, 4) is 0 Å². The zero-order valence-corrected chi connectivity index (χ0v) is 13.3. The van der Waals surface area contributed by atoms with E-state index in [2.05, 4.69) is 5.32 Å². The first-order valence-corrected chi connectivity index (χ1v) is 7.93. The Kier molecular flexibility index (Phi) is 4.63. The summed E-state index contributed by atoms with van der Waals surface area (Å²) in [7, 11) is 0. The molecule has 1 aliphatic carbocycles. The second-order valence-electron chi connectivity index (χ2n) is 6.34. The molecule has 0 unspecified atom stereocenters. The molecule has 25 heavy (non-hydrogen) atoms. The molecule has 1 aliphatic heterocycles. The fourth-order valence-corrected chi connectivity index (χ4v) is 3.26.